The van der Waals surface area contributed by atoms with Gasteiger partial charge in [-0.3, -0.25) is 4.79 Å². The summed E-state index contributed by atoms with van der Waals surface area (Å²) in [6.07, 6.45) is 2.00. The molecule has 0 radical (unpaired) electrons. The number of halogens is 3. The molecule has 0 amide bonds. The van der Waals surface area contributed by atoms with Crippen LogP contribution in [0.5, 0.6) is 5.75 Å². The molecule has 2 aromatic heterocycles. The number of carbonyl (C=O) groups excluding carboxylic acids is 2. The Balaban J connectivity index is 1.66. The van der Waals surface area contributed by atoms with Crippen molar-refractivity contribution in [3.63, 3.8) is 0 Å². The summed E-state index contributed by atoms with van der Waals surface area (Å²) in [5.74, 6) is -0.365. The van der Waals surface area contributed by atoms with Gasteiger partial charge in [0.25, 0.3) is 0 Å². The molecule has 0 bridgehead atoms. The van der Waals surface area contributed by atoms with Crippen molar-refractivity contribution in [1.29, 1.82) is 0 Å². The number of methoxy groups -OCH3 is 1. The summed E-state index contributed by atoms with van der Waals surface area (Å²) in [5, 5.41) is 0.00159. The third-order valence-corrected chi connectivity index (χ3v) is 6.34. The van der Waals surface area contributed by atoms with Crippen molar-refractivity contribution in [3.05, 3.63) is 79.8 Å². The Morgan fingerprint density at radius 2 is 1.75 bits per heavy atom. The number of aromatic nitrogens is 2. The molecule has 9 heteroatoms. The van der Waals surface area contributed by atoms with Gasteiger partial charge in [-0.15, -0.1) is 0 Å². The Bertz CT molecular complexity index is 1160. The first-order valence-electron chi connectivity index (χ1n) is 9.72. The molecule has 0 atom stereocenters. The Hall–Kier alpha value is -2.54. The summed E-state index contributed by atoms with van der Waals surface area (Å²) in [5.41, 5.74) is 3.21. The second-order valence-electron chi connectivity index (χ2n) is 7.12. The number of ether oxygens (including phenoxy) is 2. The first-order valence-corrected chi connectivity index (χ1v) is 10.9. The van der Waals surface area contributed by atoms with Gasteiger partial charge < -0.3 is 14.0 Å². The molecule has 3 aromatic rings. The highest BCUT2D eigenvalue weighted by Gasteiger charge is 2.21. The Morgan fingerprint density at radius 3 is 2.41 bits per heavy atom. The van der Waals surface area contributed by atoms with Crippen LogP contribution in [0.15, 0.2) is 36.5 Å². The molecule has 0 unspecified atom stereocenters. The van der Waals surface area contributed by atoms with Gasteiger partial charge in [0.05, 0.1) is 22.2 Å². The van der Waals surface area contributed by atoms with Crippen molar-refractivity contribution in [2.75, 3.05) is 13.7 Å². The number of nitrogens with zero attached hydrogens (tertiary/aromatic N) is 2. The molecule has 0 aliphatic rings. The van der Waals surface area contributed by atoms with E-state index in [0.29, 0.717) is 12.1 Å². The quantitative estimate of drug-likeness (QED) is 0.294. The minimum atomic E-state index is -0.852. The number of aryl methyl sites for hydroxylation is 2. The van der Waals surface area contributed by atoms with Crippen molar-refractivity contribution >= 4 is 46.6 Å². The molecule has 1 aromatic carbocycles. The van der Waals surface area contributed by atoms with E-state index in [1.165, 1.54) is 6.20 Å². The molecule has 0 saturated carbocycles. The van der Waals surface area contributed by atoms with Gasteiger partial charge in [-0.25, -0.2) is 9.78 Å². The number of esters is 1. The van der Waals surface area contributed by atoms with Crippen molar-refractivity contribution in [2.45, 2.75) is 26.8 Å². The number of hydrogen-bond acceptors (Lipinski definition) is 5. The van der Waals surface area contributed by atoms with Gasteiger partial charge in [0.2, 0.25) is 5.78 Å². The molecule has 0 spiro atoms. The van der Waals surface area contributed by atoms with E-state index in [2.05, 4.69) is 9.55 Å². The second-order valence-corrected chi connectivity index (χ2v) is 8.28. The van der Waals surface area contributed by atoms with Crippen LogP contribution in [0.1, 0.15) is 37.8 Å². The number of pyridine rings is 1. The molecule has 0 saturated heterocycles. The van der Waals surface area contributed by atoms with Crippen LogP contribution in [0.4, 0.5) is 0 Å². The van der Waals surface area contributed by atoms with E-state index < -0.39 is 12.6 Å². The van der Waals surface area contributed by atoms with Crippen LogP contribution in [0.25, 0.3) is 0 Å². The topological polar surface area (TPSA) is 70.4 Å². The predicted octanol–water partition coefficient (Wildman–Crippen LogP) is 5.75. The molecule has 168 valence electrons. The fourth-order valence-corrected chi connectivity index (χ4v) is 3.88. The molecular weight excluding hydrogens is 475 g/mol. The molecule has 0 aliphatic heterocycles. The average molecular weight is 496 g/mol. The molecular formula is C23H21Cl3N2O4. The summed E-state index contributed by atoms with van der Waals surface area (Å²) in [4.78, 5) is 28.8. The van der Waals surface area contributed by atoms with E-state index in [1.807, 2.05) is 38.1 Å². The van der Waals surface area contributed by atoms with E-state index in [4.69, 9.17) is 44.3 Å². The zero-order valence-electron chi connectivity index (χ0n) is 17.7. The SMILES string of the molecule is COc1ccc(CCn2c(C)cc(C(=O)COC(=O)c3ncc(Cl)c(Cl)c3Cl)c2C)cc1. The Kier molecular flexibility index (Phi) is 7.82. The van der Waals surface area contributed by atoms with Crippen molar-refractivity contribution in [3.8, 4) is 5.75 Å². The van der Waals surface area contributed by atoms with Gasteiger partial charge in [-0.2, -0.15) is 0 Å². The molecule has 0 N–H and O–H groups in total. The van der Waals surface area contributed by atoms with Gasteiger partial charge in [-0.05, 0) is 44.0 Å². The molecule has 32 heavy (non-hydrogen) atoms. The predicted molar refractivity (Wildman–Crippen MR) is 124 cm³/mol. The maximum atomic E-state index is 12.7. The minimum absolute atomic E-state index is 0.00187. The lowest BCUT2D eigenvalue weighted by Gasteiger charge is -2.11. The summed E-state index contributed by atoms with van der Waals surface area (Å²) >= 11 is 17.7. The third kappa shape index (κ3) is 5.26. The van der Waals surface area contributed by atoms with Crippen LogP contribution in [0.3, 0.4) is 0 Å². The summed E-state index contributed by atoms with van der Waals surface area (Å²) < 4.78 is 12.4. The van der Waals surface area contributed by atoms with Crippen LogP contribution in [-0.4, -0.2) is 35.0 Å². The Morgan fingerprint density at radius 1 is 1.06 bits per heavy atom. The average Bonchev–Trinajstić information content (AvgIpc) is 3.08. The van der Waals surface area contributed by atoms with Gasteiger partial charge in [-0.1, -0.05) is 46.9 Å². The lowest BCUT2D eigenvalue weighted by molar-refractivity contribution is 0.0469. The second kappa shape index (κ2) is 10.4. The largest absolute Gasteiger partial charge is 0.497 e. The highest BCUT2D eigenvalue weighted by atomic mass is 35.5. The number of Topliss-reactive ketones (excluding diaryl/α,β-unsaturated/α-hetero) is 1. The van der Waals surface area contributed by atoms with Crippen LogP contribution in [0.2, 0.25) is 15.1 Å². The van der Waals surface area contributed by atoms with Gasteiger partial charge >= 0.3 is 5.97 Å². The Labute approximate surface area is 201 Å². The van der Waals surface area contributed by atoms with Gasteiger partial charge in [0.15, 0.2) is 12.3 Å². The summed E-state index contributed by atoms with van der Waals surface area (Å²) in [7, 11) is 1.63. The van der Waals surface area contributed by atoms with Gasteiger partial charge in [0, 0.05) is 29.7 Å². The number of benzene rings is 1. The highest BCUT2D eigenvalue weighted by Crippen LogP contribution is 2.31. The zero-order chi connectivity index (χ0) is 23.4. The smallest absolute Gasteiger partial charge is 0.358 e. The van der Waals surface area contributed by atoms with Crippen LogP contribution >= 0.6 is 34.8 Å². The lowest BCUT2D eigenvalue weighted by Crippen LogP contribution is -2.16. The van der Waals surface area contributed by atoms with Crippen LogP contribution < -0.4 is 4.74 Å². The molecule has 6 nitrogen and oxygen atoms in total. The number of ketones is 1. The van der Waals surface area contributed by atoms with E-state index in [0.717, 1.165) is 29.1 Å². The molecule has 0 aliphatic carbocycles. The maximum absolute atomic E-state index is 12.7. The fraction of sp³-hybridized carbons (Fsp3) is 0.261. The molecule has 2 heterocycles. The number of hydrogen-bond donors (Lipinski definition) is 0. The van der Waals surface area contributed by atoms with E-state index in [1.54, 1.807) is 13.2 Å². The number of rotatable bonds is 8. The highest BCUT2D eigenvalue weighted by molar-refractivity contribution is 6.48. The monoisotopic (exact) mass is 494 g/mol. The lowest BCUT2D eigenvalue weighted by atomic mass is 10.1. The van der Waals surface area contributed by atoms with E-state index >= 15 is 0 Å². The first-order chi connectivity index (χ1) is 15.2. The maximum Gasteiger partial charge on any atom is 0.358 e. The fourth-order valence-electron chi connectivity index (χ4n) is 3.32. The van der Waals surface area contributed by atoms with Crippen molar-refractivity contribution < 1.29 is 19.1 Å². The normalized spacial score (nSPS) is 10.8. The molecule has 0 fully saturated rings. The summed E-state index contributed by atoms with van der Waals surface area (Å²) in [6.45, 7) is 4.07. The van der Waals surface area contributed by atoms with E-state index in [-0.39, 0.29) is 26.5 Å². The number of carbonyl (C=O) groups is 2. The van der Waals surface area contributed by atoms with Crippen molar-refractivity contribution in [2.24, 2.45) is 0 Å². The first kappa shape index (κ1) is 24.1. The zero-order valence-corrected chi connectivity index (χ0v) is 20.0. The minimum Gasteiger partial charge on any atom is -0.497 e. The van der Waals surface area contributed by atoms with E-state index in [9.17, 15) is 9.59 Å². The van der Waals surface area contributed by atoms with Gasteiger partial charge in [0.1, 0.15) is 5.75 Å². The standard InChI is InChI=1S/C23H21Cl3N2O4/c1-13-10-17(14(2)28(13)9-8-15-4-6-16(31-3)7-5-15)19(29)12-32-23(30)22-21(26)20(25)18(24)11-27-22/h4-7,10-11H,8-9,12H2,1-3H3. The third-order valence-electron chi connectivity index (χ3n) is 5.10. The van der Waals surface area contributed by atoms with Crippen LogP contribution in [-0.2, 0) is 17.7 Å². The van der Waals surface area contributed by atoms with Crippen LogP contribution in [0, 0.1) is 13.8 Å². The molecule has 3 rings (SSSR count). The van der Waals surface area contributed by atoms with Crippen molar-refractivity contribution in [1.82, 2.24) is 9.55 Å². The summed E-state index contributed by atoms with van der Waals surface area (Å²) in [6, 6.07) is 9.66.